The second-order valence-corrected chi connectivity index (χ2v) is 5.10. The largest absolute Gasteiger partial charge is 0.481 e. The van der Waals surface area contributed by atoms with Crippen LogP contribution in [0.2, 0.25) is 0 Å². The van der Waals surface area contributed by atoms with Gasteiger partial charge in [0, 0.05) is 6.54 Å². The first kappa shape index (κ1) is 14.4. The third-order valence-electron chi connectivity index (χ3n) is 3.47. The van der Waals surface area contributed by atoms with E-state index in [4.69, 9.17) is 9.84 Å². The number of hydrogen-bond donors (Lipinski definition) is 1. The Bertz CT molecular complexity index is 514. The van der Waals surface area contributed by atoms with Crippen LogP contribution in [-0.4, -0.2) is 40.6 Å². The molecule has 1 aliphatic rings. The summed E-state index contributed by atoms with van der Waals surface area (Å²) in [6, 6.07) is 6.72. The Morgan fingerprint density at radius 3 is 2.85 bits per heavy atom. The number of carbonyl (C=O) groups excluding carboxylic acids is 1. The lowest BCUT2D eigenvalue weighted by Crippen LogP contribution is -2.46. The quantitative estimate of drug-likeness (QED) is 0.912. The molecule has 1 saturated heterocycles. The molecule has 0 saturated carbocycles. The van der Waals surface area contributed by atoms with Crippen molar-refractivity contribution < 1.29 is 19.4 Å². The zero-order chi connectivity index (χ0) is 14.7. The van der Waals surface area contributed by atoms with E-state index >= 15 is 0 Å². The predicted molar refractivity (Wildman–Crippen MR) is 73.6 cm³/mol. The van der Waals surface area contributed by atoms with Gasteiger partial charge in [0.05, 0.1) is 0 Å². The van der Waals surface area contributed by atoms with Crippen molar-refractivity contribution in [2.45, 2.75) is 38.8 Å². The summed E-state index contributed by atoms with van der Waals surface area (Å²) in [7, 11) is 0. The number of benzene rings is 1. The molecule has 1 heterocycles. The number of ether oxygens (including phenoxy) is 1. The summed E-state index contributed by atoms with van der Waals surface area (Å²) in [6.07, 6.45) is 0.551. The zero-order valence-electron chi connectivity index (χ0n) is 11.7. The highest BCUT2D eigenvalue weighted by atomic mass is 16.5. The number of rotatable bonds is 4. The zero-order valence-corrected chi connectivity index (χ0v) is 11.7. The molecule has 0 aliphatic carbocycles. The average Bonchev–Trinajstić information content (AvgIpc) is 2.87. The number of aryl methyl sites for hydroxylation is 1. The monoisotopic (exact) mass is 277 g/mol. The molecule has 0 spiro atoms. The molecule has 2 atom stereocenters. The minimum absolute atomic E-state index is 0.267. The number of carboxylic acid groups (broad SMARTS) is 1. The molecular formula is C15H19NO4. The smallest absolute Gasteiger partial charge is 0.326 e. The van der Waals surface area contributed by atoms with Gasteiger partial charge < -0.3 is 14.7 Å². The summed E-state index contributed by atoms with van der Waals surface area (Å²) in [4.78, 5) is 24.8. The molecule has 20 heavy (non-hydrogen) atoms. The number of nitrogens with zero attached hydrogens (tertiary/aromatic N) is 1. The number of amides is 1. The fraction of sp³-hybridized carbons (Fsp3) is 0.467. The third kappa shape index (κ3) is 3.10. The van der Waals surface area contributed by atoms with Gasteiger partial charge in [-0.3, -0.25) is 4.79 Å². The molecule has 1 aromatic carbocycles. The van der Waals surface area contributed by atoms with E-state index < -0.39 is 18.1 Å². The number of carboxylic acids is 1. The van der Waals surface area contributed by atoms with Crippen LogP contribution >= 0.6 is 0 Å². The van der Waals surface area contributed by atoms with Gasteiger partial charge in [-0.25, -0.2) is 4.79 Å². The van der Waals surface area contributed by atoms with Crippen molar-refractivity contribution in [2.75, 3.05) is 6.54 Å². The highest BCUT2D eigenvalue weighted by Gasteiger charge is 2.36. The van der Waals surface area contributed by atoms with Crippen LogP contribution in [0, 0.1) is 6.92 Å². The van der Waals surface area contributed by atoms with E-state index in [9.17, 15) is 9.59 Å². The van der Waals surface area contributed by atoms with Gasteiger partial charge in [0.25, 0.3) is 5.91 Å². The lowest BCUT2D eigenvalue weighted by Gasteiger charge is -2.25. The maximum Gasteiger partial charge on any atom is 0.326 e. The first-order valence-electron chi connectivity index (χ1n) is 6.75. The Kier molecular flexibility index (Phi) is 4.27. The molecule has 1 aromatic rings. The van der Waals surface area contributed by atoms with Crippen LogP contribution in [0.5, 0.6) is 5.75 Å². The van der Waals surface area contributed by atoms with Crippen molar-refractivity contribution in [3.8, 4) is 5.75 Å². The van der Waals surface area contributed by atoms with E-state index in [0.717, 1.165) is 12.0 Å². The van der Waals surface area contributed by atoms with Crippen molar-refractivity contribution in [3.05, 3.63) is 29.8 Å². The summed E-state index contributed by atoms with van der Waals surface area (Å²) < 4.78 is 5.61. The van der Waals surface area contributed by atoms with Crippen LogP contribution in [0.1, 0.15) is 25.3 Å². The molecule has 5 heteroatoms. The Balaban J connectivity index is 2.03. The fourth-order valence-electron chi connectivity index (χ4n) is 2.46. The molecule has 1 aliphatic heterocycles. The third-order valence-corrected chi connectivity index (χ3v) is 3.47. The molecule has 0 unspecified atom stereocenters. The Morgan fingerprint density at radius 1 is 1.45 bits per heavy atom. The maximum atomic E-state index is 12.3. The first-order chi connectivity index (χ1) is 9.49. The van der Waals surface area contributed by atoms with Gasteiger partial charge in [0.2, 0.25) is 0 Å². The van der Waals surface area contributed by atoms with Crippen molar-refractivity contribution in [1.29, 1.82) is 0 Å². The Labute approximate surface area is 118 Å². The van der Waals surface area contributed by atoms with Gasteiger partial charge in [-0.1, -0.05) is 12.1 Å². The molecule has 0 radical (unpaired) electrons. The van der Waals surface area contributed by atoms with Crippen molar-refractivity contribution in [1.82, 2.24) is 4.90 Å². The Hall–Kier alpha value is -2.04. The van der Waals surface area contributed by atoms with Gasteiger partial charge in [-0.05, 0) is 44.4 Å². The van der Waals surface area contributed by atoms with Gasteiger partial charge in [0.1, 0.15) is 11.8 Å². The topological polar surface area (TPSA) is 66.8 Å². The number of hydrogen-bond acceptors (Lipinski definition) is 3. The average molecular weight is 277 g/mol. The summed E-state index contributed by atoms with van der Waals surface area (Å²) >= 11 is 0. The fourth-order valence-corrected chi connectivity index (χ4v) is 2.46. The minimum Gasteiger partial charge on any atom is -0.481 e. The Morgan fingerprint density at radius 2 is 2.20 bits per heavy atom. The highest BCUT2D eigenvalue weighted by molar-refractivity contribution is 5.87. The predicted octanol–water partition coefficient (Wildman–Crippen LogP) is 1.84. The molecule has 0 aromatic heterocycles. The highest BCUT2D eigenvalue weighted by Crippen LogP contribution is 2.20. The summed E-state index contributed by atoms with van der Waals surface area (Å²) in [5.74, 6) is -0.591. The SMILES string of the molecule is Cc1cccc(O[C@H](C)C(=O)N2CCC[C@@H]2C(=O)O)c1. The van der Waals surface area contributed by atoms with Gasteiger partial charge in [-0.15, -0.1) is 0 Å². The van der Waals surface area contributed by atoms with E-state index in [1.165, 1.54) is 4.90 Å². The molecule has 108 valence electrons. The van der Waals surface area contributed by atoms with Crippen LogP contribution in [-0.2, 0) is 9.59 Å². The van der Waals surface area contributed by atoms with Gasteiger partial charge in [-0.2, -0.15) is 0 Å². The molecule has 1 N–H and O–H groups in total. The van der Waals surface area contributed by atoms with E-state index in [1.807, 2.05) is 25.1 Å². The minimum atomic E-state index is -0.946. The molecule has 0 bridgehead atoms. The van der Waals surface area contributed by atoms with Gasteiger partial charge in [0.15, 0.2) is 6.10 Å². The lowest BCUT2D eigenvalue weighted by molar-refractivity contribution is -0.150. The standard InChI is InChI=1S/C15H19NO4/c1-10-5-3-6-12(9-10)20-11(2)14(17)16-8-4-7-13(16)15(18)19/h3,5-6,9,11,13H,4,7-8H2,1-2H3,(H,18,19)/t11-,13-/m1/s1. The van der Waals surface area contributed by atoms with Crippen LogP contribution in [0.3, 0.4) is 0 Å². The lowest BCUT2D eigenvalue weighted by atomic mass is 10.2. The molecule has 2 rings (SSSR count). The molecule has 1 fully saturated rings. The van der Waals surface area contributed by atoms with Crippen molar-refractivity contribution in [3.63, 3.8) is 0 Å². The number of likely N-dealkylation sites (tertiary alicyclic amines) is 1. The number of aliphatic carboxylic acids is 1. The molecular weight excluding hydrogens is 258 g/mol. The van der Waals surface area contributed by atoms with E-state index in [1.54, 1.807) is 13.0 Å². The molecule has 5 nitrogen and oxygen atoms in total. The second-order valence-electron chi connectivity index (χ2n) is 5.10. The maximum absolute atomic E-state index is 12.3. The van der Waals surface area contributed by atoms with Crippen LogP contribution in [0.15, 0.2) is 24.3 Å². The van der Waals surface area contributed by atoms with Crippen molar-refractivity contribution >= 4 is 11.9 Å². The first-order valence-corrected chi connectivity index (χ1v) is 6.75. The van der Waals surface area contributed by atoms with Crippen molar-refractivity contribution in [2.24, 2.45) is 0 Å². The normalized spacial score (nSPS) is 19.7. The second kappa shape index (κ2) is 5.94. The summed E-state index contributed by atoms with van der Waals surface area (Å²) in [5, 5.41) is 9.11. The summed E-state index contributed by atoms with van der Waals surface area (Å²) in [6.45, 7) is 4.08. The van der Waals surface area contributed by atoms with E-state index in [2.05, 4.69) is 0 Å². The van der Waals surface area contributed by atoms with E-state index in [0.29, 0.717) is 18.7 Å². The molecule has 1 amide bonds. The van der Waals surface area contributed by atoms with Crippen LogP contribution in [0.4, 0.5) is 0 Å². The summed E-state index contributed by atoms with van der Waals surface area (Å²) in [5.41, 5.74) is 1.05. The van der Waals surface area contributed by atoms with Gasteiger partial charge >= 0.3 is 5.97 Å². The van der Waals surface area contributed by atoms with Crippen LogP contribution < -0.4 is 4.74 Å². The number of carbonyl (C=O) groups is 2. The van der Waals surface area contributed by atoms with Crippen LogP contribution in [0.25, 0.3) is 0 Å². The van der Waals surface area contributed by atoms with E-state index in [-0.39, 0.29) is 5.91 Å².